The minimum absolute atomic E-state index is 0. The van der Waals surface area contributed by atoms with E-state index in [4.69, 9.17) is 0 Å². The van der Waals surface area contributed by atoms with Crippen molar-refractivity contribution in [1.82, 2.24) is 0 Å². The molecule has 0 saturated heterocycles. The summed E-state index contributed by atoms with van der Waals surface area (Å²) in [4.78, 5) is 5.93. The van der Waals surface area contributed by atoms with Crippen molar-refractivity contribution < 1.29 is 48.0 Å². The van der Waals surface area contributed by atoms with Gasteiger partial charge in [0.25, 0.3) is 0 Å². The SMILES string of the molecule is CCCc1ccc(C2=Cc3c(-c4ccc5ccccc5c4)cccc3[CH]2[Zr+2][CH]2C(c3ccc(CCC)s3)=Cc3c(-c4ccc5ccccc5c4)cccc32)s1.[Cl-].[Cl-]. The molecular weight excluding hydrogens is 851 g/mol. The third kappa shape index (κ3) is 7.52. The van der Waals surface area contributed by atoms with Gasteiger partial charge in [-0.3, -0.25) is 0 Å². The topological polar surface area (TPSA) is 0 Å². The van der Waals surface area contributed by atoms with Crippen LogP contribution in [0.2, 0.25) is 0 Å². The zero-order chi connectivity index (χ0) is 36.9. The molecule has 0 spiro atoms. The fourth-order valence-corrected chi connectivity index (χ4v) is 16.6. The summed E-state index contributed by atoms with van der Waals surface area (Å²) in [6, 6.07) is 55.5. The molecule has 0 bridgehead atoms. The van der Waals surface area contributed by atoms with Crippen LogP contribution in [0.3, 0.4) is 0 Å². The van der Waals surface area contributed by atoms with E-state index in [9.17, 15) is 0 Å². The summed E-state index contributed by atoms with van der Waals surface area (Å²) in [7, 11) is 0. The van der Waals surface area contributed by atoms with Gasteiger partial charge >= 0.3 is 347 Å². The smallest absolute Gasteiger partial charge is 1.00 e. The number of benzene rings is 6. The molecule has 6 aromatic carbocycles. The van der Waals surface area contributed by atoms with Crippen LogP contribution in [0, 0.1) is 0 Å². The Bertz CT molecular complexity index is 2610. The van der Waals surface area contributed by atoms with Crippen molar-refractivity contribution in [2.75, 3.05) is 0 Å². The van der Waals surface area contributed by atoms with Gasteiger partial charge in [-0.25, -0.2) is 0 Å². The summed E-state index contributed by atoms with van der Waals surface area (Å²) in [5, 5.41) is 5.19. The molecule has 2 heterocycles. The van der Waals surface area contributed by atoms with E-state index in [-0.39, 0.29) is 24.8 Å². The van der Waals surface area contributed by atoms with Gasteiger partial charge in [-0.05, 0) is 0 Å². The maximum Gasteiger partial charge on any atom is -1.00 e. The fourth-order valence-electron chi connectivity index (χ4n) is 8.80. The second kappa shape index (κ2) is 17.2. The van der Waals surface area contributed by atoms with E-state index in [1.54, 1.807) is 11.1 Å². The minimum atomic E-state index is -1.24. The molecule has 0 nitrogen and oxygen atoms in total. The molecule has 2 aromatic heterocycles. The molecule has 2 aliphatic carbocycles. The Hall–Kier alpha value is -3.82. The molecule has 0 radical (unpaired) electrons. The molecule has 280 valence electrons. The number of fused-ring (bicyclic) bond motifs is 4. The molecule has 0 fully saturated rings. The number of aryl methyl sites for hydroxylation is 2. The zero-order valence-electron chi connectivity index (χ0n) is 32.1. The Morgan fingerprint density at radius 3 is 1.33 bits per heavy atom. The number of allylic oxidation sites excluding steroid dienone is 2. The Morgan fingerprint density at radius 1 is 0.456 bits per heavy atom. The van der Waals surface area contributed by atoms with Gasteiger partial charge in [0.1, 0.15) is 0 Å². The molecule has 0 amide bonds. The van der Waals surface area contributed by atoms with E-state index in [1.165, 1.54) is 98.4 Å². The Morgan fingerprint density at radius 2 is 0.895 bits per heavy atom. The molecular formula is C52H42Cl2S2Zr. The van der Waals surface area contributed by atoms with Gasteiger partial charge in [0.15, 0.2) is 0 Å². The predicted molar refractivity (Wildman–Crippen MR) is 237 cm³/mol. The zero-order valence-corrected chi connectivity index (χ0v) is 37.7. The molecule has 5 heteroatoms. The van der Waals surface area contributed by atoms with Gasteiger partial charge in [-0.15, -0.1) is 0 Å². The molecule has 8 aromatic rings. The molecule has 57 heavy (non-hydrogen) atoms. The van der Waals surface area contributed by atoms with Crippen LogP contribution in [0.1, 0.15) is 75.7 Å². The van der Waals surface area contributed by atoms with Crippen LogP contribution < -0.4 is 24.8 Å². The standard InChI is InChI=1S/2C26H21S.2ClH.Zr/c2*1-2-6-23-13-14-26(27-23)22-16-20-9-5-10-24(25(20)17-22)21-12-11-18-7-3-4-8-19(18)15-21;;;/h2*3-5,7-17H,2,6H2,1H3;2*1H;/q;;;;+2/p-2. The van der Waals surface area contributed by atoms with Crippen LogP contribution in [0.15, 0.2) is 146 Å². The number of hydrogen-bond donors (Lipinski definition) is 0. The second-order valence-electron chi connectivity index (χ2n) is 15.0. The van der Waals surface area contributed by atoms with Gasteiger partial charge in [-0.2, -0.15) is 0 Å². The first-order chi connectivity index (χ1) is 27.1. The van der Waals surface area contributed by atoms with E-state index in [0.29, 0.717) is 7.25 Å². The van der Waals surface area contributed by atoms with E-state index in [2.05, 4.69) is 172 Å². The largest absolute Gasteiger partial charge is 1.00 e. The van der Waals surface area contributed by atoms with E-state index in [1.807, 2.05) is 22.7 Å². The van der Waals surface area contributed by atoms with Crippen LogP contribution in [-0.4, -0.2) is 0 Å². The first-order valence-corrected chi connectivity index (χ1v) is 24.2. The fraction of sp³-hybridized carbons (Fsp3) is 0.154. The van der Waals surface area contributed by atoms with E-state index in [0.717, 1.165) is 12.8 Å². The number of thiophene rings is 2. The van der Waals surface area contributed by atoms with Gasteiger partial charge in [0.2, 0.25) is 0 Å². The van der Waals surface area contributed by atoms with Crippen LogP contribution in [-0.2, 0) is 36.1 Å². The maximum atomic E-state index is 2.60. The van der Waals surface area contributed by atoms with Crippen LogP contribution in [0.25, 0.3) is 67.1 Å². The third-order valence-electron chi connectivity index (χ3n) is 11.5. The molecule has 0 N–H and O–H groups in total. The van der Waals surface area contributed by atoms with Crippen LogP contribution >= 0.6 is 22.7 Å². The predicted octanol–water partition coefficient (Wildman–Crippen LogP) is 9.34. The molecule has 2 unspecified atom stereocenters. The first-order valence-electron chi connectivity index (χ1n) is 19.8. The Labute approximate surface area is 368 Å². The van der Waals surface area contributed by atoms with Crippen molar-refractivity contribution in [3.63, 3.8) is 0 Å². The minimum Gasteiger partial charge on any atom is -1.00 e. The molecule has 2 aliphatic rings. The van der Waals surface area contributed by atoms with Crippen LogP contribution in [0.5, 0.6) is 0 Å². The van der Waals surface area contributed by atoms with Crippen molar-refractivity contribution in [1.29, 1.82) is 0 Å². The van der Waals surface area contributed by atoms with Crippen molar-refractivity contribution in [2.24, 2.45) is 0 Å². The average Bonchev–Trinajstić information content (AvgIpc) is 4.04. The number of hydrogen-bond acceptors (Lipinski definition) is 2. The Balaban J connectivity index is 0.00000228. The normalized spacial score (nSPS) is 15.3. The quantitative estimate of drug-likeness (QED) is 0.129. The van der Waals surface area contributed by atoms with Gasteiger partial charge < -0.3 is 24.8 Å². The summed E-state index contributed by atoms with van der Waals surface area (Å²) in [5.41, 5.74) is 14.4. The monoisotopic (exact) mass is 890 g/mol. The molecule has 2 atom stereocenters. The number of rotatable bonds is 10. The maximum absolute atomic E-state index is 2.60. The summed E-state index contributed by atoms with van der Waals surface area (Å²) in [5.74, 6) is 0. The van der Waals surface area contributed by atoms with Crippen molar-refractivity contribution in [2.45, 2.75) is 46.8 Å². The second-order valence-corrected chi connectivity index (χ2v) is 21.0. The van der Waals surface area contributed by atoms with Crippen molar-refractivity contribution in [3.05, 3.63) is 187 Å². The summed E-state index contributed by atoms with van der Waals surface area (Å²) in [6.45, 7) is 4.59. The average molecular weight is 893 g/mol. The molecule has 0 saturated carbocycles. The van der Waals surface area contributed by atoms with Crippen LogP contribution in [0.4, 0.5) is 0 Å². The number of halogens is 2. The van der Waals surface area contributed by atoms with E-state index < -0.39 is 23.2 Å². The van der Waals surface area contributed by atoms with E-state index >= 15 is 0 Å². The molecule has 10 rings (SSSR count). The van der Waals surface area contributed by atoms with Gasteiger partial charge in [-0.1, -0.05) is 0 Å². The third-order valence-corrected chi connectivity index (χ3v) is 18.5. The summed E-state index contributed by atoms with van der Waals surface area (Å²) < 4.78 is 0.900. The Kier molecular flexibility index (Phi) is 12.1. The summed E-state index contributed by atoms with van der Waals surface area (Å²) in [6.07, 6.45) is 9.86. The molecule has 0 aliphatic heterocycles. The first kappa shape index (κ1) is 40.0. The van der Waals surface area contributed by atoms with Crippen molar-refractivity contribution >= 4 is 67.5 Å². The van der Waals surface area contributed by atoms with Gasteiger partial charge in [0, 0.05) is 0 Å². The van der Waals surface area contributed by atoms with Crippen molar-refractivity contribution in [3.8, 4) is 22.3 Å². The summed E-state index contributed by atoms with van der Waals surface area (Å²) >= 11 is 2.82. The van der Waals surface area contributed by atoms with Gasteiger partial charge in [0.05, 0.1) is 0 Å².